The maximum atomic E-state index is 12.1. The quantitative estimate of drug-likeness (QED) is 0.582. The van der Waals surface area contributed by atoms with Gasteiger partial charge in [0.2, 0.25) is 17.6 Å². The van der Waals surface area contributed by atoms with Gasteiger partial charge in [-0.05, 0) is 35.6 Å². The van der Waals surface area contributed by atoms with Crippen LogP contribution in [-0.2, 0) is 17.6 Å². The smallest absolute Gasteiger partial charge is 0.269 e. The van der Waals surface area contributed by atoms with Crippen LogP contribution < -0.4 is 10.9 Å². The zero-order valence-corrected chi connectivity index (χ0v) is 17.4. The van der Waals surface area contributed by atoms with Gasteiger partial charge in [-0.15, -0.1) is 0 Å². The van der Waals surface area contributed by atoms with E-state index in [4.69, 9.17) is 4.52 Å². The van der Waals surface area contributed by atoms with Gasteiger partial charge in [0.25, 0.3) is 5.91 Å². The van der Waals surface area contributed by atoms with Crippen LogP contribution in [0.25, 0.3) is 11.4 Å². The summed E-state index contributed by atoms with van der Waals surface area (Å²) in [7, 11) is 0. The summed E-state index contributed by atoms with van der Waals surface area (Å²) in [4.78, 5) is 28.4. The number of benzene rings is 2. The van der Waals surface area contributed by atoms with E-state index in [9.17, 15) is 9.59 Å². The number of rotatable bonds is 7. The molecule has 0 aliphatic rings. The molecule has 7 heteroatoms. The molecule has 0 spiro atoms. The fourth-order valence-corrected chi connectivity index (χ4v) is 2.86. The van der Waals surface area contributed by atoms with Gasteiger partial charge in [0.05, 0.1) is 0 Å². The van der Waals surface area contributed by atoms with Crippen LogP contribution in [0.4, 0.5) is 0 Å². The minimum Gasteiger partial charge on any atom is -0.339 e. The van der Waals surface area contributed by atoms with Crippen LogP contribution >= 0.6 is 0 Å². The van der Waals surface area contributed by atoms with Gasteiger partial charge in [-0.3, -0.25) is 20.4 Å². The maximum Gasteiger partial charge on any atom is 0.269 e. The van der Waals surface area contributed by atoms with Crippen molar-refractivity contribution in [1.29, 1.82) is 0 Å². The molecule has 7 nitrogen and oxygen atoms in total. The second kappa shape index (κ2) is 9.82. The van der Waals surface area contributed by atoms with Gasteiger partial charge < -0.3 is 4.52 Å². The molecule has 0 fully saturated rings. The summed E-state index contributed by atoms with van der Waals surface area (Å²) >= 11 is 0. The Labute approximate surface area is 175 Å². The third-order valence-corrected chi connectivity index (χ3v) is 4.81. The molecule has 0 atom stereocenters. The van der Waals surface area contributed by atoms with E-state index < -0.39 is 0 Å². The van der Waals surface area contributed by atoms with Gasteiger partial charge in [-0.1, -0.05) is 62.3 Å². The minimum atomic E-state index is -0.365. The molecule has 0 saturated carbocycles. The molecule has 0 radical (unpaired) electrons. The van der Waals surface area contributed by atoms with Gasteiger partial charge >= 0.3 is 0 Å². The molecule has 3 aromatic rings. The van der Waals surface area contributed by atoms with Crippen molar-refractivity contribution in [2.45, 2.75) is 46.0 Å². The first-order chi connectivity index (χ1) is 14.5. The molecule has 0 unspecified atom stereocenters. The van der Waals surface area contributed by atoms with Crippen LogP contribution in [0.15, 0.2) is 53.1 Å². The standard InChI is InChI=1S/C23H26N4O3/c1-4-16-5-7-19(8-6-16)23(29)26-25-20(28)13-14-21-24-22(27-30-21)18-11-9-17(10-12-18)15(2)3/h5-12,15H,4,13-14H2,1-3H3,(H,25,28)(H,26,29). The minimum absolute atomic E-state index is 0.114. The molecule has 156 valence electrons. The first kappa shape index (κ1) is 21.2. The number of aromatic nitrogens is 2. The molecule has 30 heavy (non-hydrogen) atoms. The van der Waals surface area contributed by atoms with E-state index in [1.54, 1.807) is 12.1 Å². The normalized spacial score (nSPS) is 10.8. The third-order valence-electron chi connectivity index (χ3n) is 4.81. The number of hydrazine groups is 1. The lowest BCUT2D eigenvalue weighted by atomic mass is 10.0. The van der Waals surface area contributed by atoms with Crippen LogP contribution in [0.3, 0.4) is 0 Å². The number of nitrogens with one attached hydrogen (secondary N) is 2. The largest absolute Gasteiger partial charge is 0.339 e. The lowest BCUT2D eigenvalue weighted by Gasteiger charge is -2.07. The molecule has 2 N–H and O–H groups in total. The number of carbonyl (C=O) groups is 2. The van der Waals surface area contributed by atoms with Gasteiger partial charge in [0, 0.05) is 24.0 Å². The van der Waals surface area contributed by atoms with E-state index in [1.807, 2.05) is 43.3 Å². The van der Waals surface area contributed by atoms with Gasteiger partial charge in [-0.2, -0.15) is 4.98 Å². The van der Waals surface area contributed by atoms with Gasteiger partial charge in [-0.25, -0.2) is 0 Å². The zero-order chi connectivity index (χ0) is 21.5. The molecule has 1 aromatic heterocycles. The Morgan fingerprint density at radius 2 is 1.70 bits per heavy atom. The average molecular weight is 406 g/mol. The summed E-state index contributed by atoms with van der Waals surface area (Å²) in [5.74, 6) is 0.610. The Balaban J connectivity index is 1.47. The highest BCUT2D eigenvalue weighted by Gasteiger charge is 2.12. The lowest BCUT2D eigenvalue weighted by Crippen LogP contribution is -2.41. The summed E-state index contributed by atoms with van der Waals surface area (Å²) in [5.41, 5.74) is 8.55. The Morgan fingerprint density at radius 3 is 2.33 bits per heavy atom. The molecule has 3 rings (SSSR count). The van der Waals surface area contributed by atoms with Crippen molar-refractivity contribution in [2.24, 2.45) is 0 Å². The Kier molecular flexibility index (Phi) is 6.95. The van der Waals surface area contributed by atoms with Crippen molar-refractivity contribution in [3.05, 3.63) is 71.1 Å². The van der Waals surface area contributed by atoms with Crippen molar-refractivity contribution in [1.82, 2.24) is 21.0 Å². The molecule has 0 aliphatic carbocycles. The monoisotopic (exact) mass is 406 g/mol. The number of carbonyl (C=O) groups excluding carboxylic acids is 2. The van der Waals surface area contributed by atoms with E-state index in [1.165, 1.54) is 5.56 Å². The summed E-state index contributed by atoms with van der Waals surface area (Å²) in [6.07, 6.45) is 1.30. The number of amides is 2. The predicted molar refractivity (Wildman–Crippen MR) is 114 cm³/mol. The average Bonchev–Trinajstić information content (AvgIpc) is 3.25. The van der Waals surface area contributed by atoms with Gasteiger partial charge in [0.1, 0.15) is 0 Å². The number of hydrogen-bond acceptors (Lipinski definition) is 5. The summed E-state index contributed by atoms with van der Waals surface area (Å²) < 4.78 is 5.24. The zero-order valence-electron chi connectivity index (χ0n) is 17.4. The molecule has 1 heterocycles. The molecule has 0 aliphatic heterocycles. The topological polar surface area (TPSA) is 97.1 Å². The molecular formula is C23H26N4O3. The van der Waals surface area contributed by atoms with E-state index in [0.717, 1.165) is 17.5 Å². The second-order valence-corrected chi connectivity index (χ2v) is 7.34. The number of nitrogens with zero attached hydrogens (tertiary/aromatic N) is 2. The van der Waals surface area contributed by atoms with E-state index in [0.29, 0.717) is 23.2 Å². The van der Waals surface area contributed by atoms with Crippen LogP contribution in [-0.4, -0.2) is 22.0 Å². The fraction of sp³-hybridized carbons (Fsp3) is 0.304. The highest BCUT2D eigenvalue weighted by atomic mass is 16.5. The molecule has 2 aromatic carbocycles. The molecule has 2 amide bonds. The highest BCUT2D eigenvalue weighted by Crippen LogP contribution is 2.20. The van der Waals surface area contributed by atoms with Crippen LogP contribution in [0.5, 0.6) is 0 Å². The lowest BCUT2D eigenvalue weighted by molar-refractivity contribution is -0.121. The second-order valence-electron chi connectivity index (χ2n) is 7.34. The number of hydrogen-bond donors (Lipinski definition) is 2. The molecule has 0 bridgehead atoms. The van der Waals surface area contributed by atoms with E-state index >= 15 is 0 Å². The van der Waals surface area contributed by atoms with Crippen molar-refractivity contribution < 1.29 is 14.1 Å². The van der Waals surface area contributed by atoms with Gasteiger partial charge in [0.15, 0.2) is 0 Å². The van der Waals surface area contributed by atoms with Crippen LogP contribution in [0, 0.1) is 0 Å². The first-order valence-corrected chi connectivity index (χ1v) is 10.1. The van der Waals surface area contributed by atoms with Crippen molar-refractivity contribution >= 4 is 11.8 Å². The Bertz CT molecular complexity index is 992. The summed E-state index contributed by atoms with van der Waals surface area (Å²) in [6.45, 7) is 6.32. The summed E-state index contributed by atoms with van der Waals surface area (Å²) in [5, 5.41) is 3.98. The maximum absolute atomic E-state index is 12.1. The fourth-order valence-electron chi connectivity index (χ4n) is 2.86. The predicted octanol–water partition coefficient (Wildman–Crippen LogP) is 3.82. The van der Waals surface area contributed by atoms with Crippen molar-refractivity contribution in [3.63, 3.8) is 0 Å². The SMILES string of the molecule is CCc1ccc(C(=O)NNC(=O)CCc2nc(-c3ccc(C(C)C)cc3)no2)cc1. The highest BCUT2D eigenvalue weighted by molar-refractivity contribution is 5.95. The number of aryl methyl sites for hydroxylation is 2. The molecular weight excluding hydrogens is 380 g/mol. The Hall–Kier alpha value is -3.48. The van der Waals surface area contributed by atoms with E-state index in [2.05, 4.69) is 34.8 Å². The van der Waals surface area contributed by atoms with E-state index in [-0.39, 0.29) is 24.7 Å². The first-order valence-electron chi connectivity index (χ1n) is 10.1. The van der Waals surface area contributed by atoms with Crippen molar-refractivity contribution in [2.75, 3.05) is 0 Å². The Morgan fingerprint density at radius 1 is 1.00 bits per heavy atom. The van der Waals surface area contributed by atoms with Crippen molar-refractivity contribution in [3.8, 4) is 11.4 Å². The van der Waals surface area contributed by atoms with Crippen LogP contribution in [0.1, 0.15) is 60.5 Å². The molecule has 0 saturated heterocycles. The van der Waals surface area contributed by atoms with Crippen LogP contribution in [0.2, 0.25) is 0 Å². The summed E-state index contributed by atoms with van der Waals surface area (Å²) in [6, 6.07) is 15.2. The third kappa shape index (κ3) is 5.53.